The van der Waals surface area contributed by atoms with E-state index in [1.54, 1.807) is 18.7 Å². The molecule has 178 valence electrons. The lowest BCUT2D eigenvalue weighted by molar-refractivity contribution is -0.136. The van der Waals surface area contributed by atoms with E-state index in [0.29, 0.717) is 35.7 Å². The first kappa shape index (κ1) is 24.5. The van der Waals surface area contributed by atoms with Crippen LogP contribution in [0.15, 0.2) is 59.4 Å². The third-order valence-corrected chi connectivity index (χ3v) is 5.25. The zero-order valence-electron chi connectivity index (χ0n) is 19.6. The van der Waals surface area contributed by atoms with Crippen LogP contribution in [0.2, 0.25) is 0 Å². The highest BCUT2D eigenvalue weighted by atomic mass is 16.2. The van der Waals surface area contributed by atoms with Crippen molar-refractivity contribution >= 4 is 29.1 Å². The van der Waals surface area contributed by atoms with Crippen molar-refractivity contribution in [2.45, 2.75) is 6.92 Å². The molecule has 3 amide bonds. The molecule has 0 bridgehead atoms. The molecule has 3 aromatic rings. The van der Waals surface area contributed by atoms with Gasteiger partial charge in [0.2, 0.25) is 0 Å². The predicted molar refractivity (Wildman–Crippen MR) is 130 cm³/mol. The van der Waals surface area contributed by atoms with E-state index in [2.05, 4.69) is 16.0 Å². The smallest absolute Gasteiger partial charge is 0.313 e. The number of para-hydroxylation sites is 1. The standard InChI is InChI=1S/C24H28N6O4/c1-16-20(24(34)30(29(16)4)19-8-6-5-7-9-19)27-21(31)17-10-12-18(13-11-17)26-23(33)22(32)25-14-15-28(2)3/h5-13H,14-15H2,1-4H3,(H,25,32)(H,26,33)(H,27,31). The summed E-state index contributed by atoms with van der Waals surface area (Å²) < 4.78 is 3.16. The fourth-order valence-electron chi connectivity index (χ4n) is 3.26. The van der Waals surface area contributed by atoms with Gasteiger partial charge < -0.3 is 20.9 Å². The van der Waals surface area contributed by atoms with Crippen LogP contribution in [0.1, 0.15) is 16.1 Å². The molecule has 3 N–H and O–H groups in total. The van der Waals surface area contributed by atoms with Crippen LogP contribution in [-0.4, -0.2) is 59.2 Å². The lowest BCUT2D eigenvalue weighted by Gasteiger charge is -2.10. The van der Waals surface area contributed by atoms with Crippen LogP contribution in [0.25, 0.3) is 5.69 Å². The summed E-state index contributed by atoms with van der Waals surface area (Å²) in [6, 6.07) is 15.2. The maximum Gasteiger partial charge on any atom is 0.313 e. The first-order chi connectivity index (χ1) is 16.2. The number of hydrogen-bond acceptors (Lipinski definition) is 5. The fourth-order valence-corrected chi connectivity index (χ4v) is 3.26. The largest absolute Gasteiger partial charge is 0.347 e. The van der Waals surface area contributed by atoms with Gasteiger partial charge in [-0.25, -0.2) is 4.68 Å². The van der Waals surface area contributed by atoms with Gasteiger partial charge in [0.1, 0.15) is 5.69 Å². The Hall–Kier alpha value is -4.18. The van der Waals surface area contributed by atoms with E-state index in [-0.39, 0.29) is 11.2 Å². The molecule has 0 radical (unpaired) electrons. The molecule has 10 nitrogen and oxygen atoms in total. The third-order valence-electron chi connectivity index (χ3n) is 5.25. The van der Waals surface area contributed by atoms with Gasteiger partial charge in [-0.1, -0.05) is 18.2 Å². The minimum Gasteiger partial charge on any atom is -0.347 e. The van der Waals surface area contributed by atoms with Crippen molar-refractivity contribution < 1.29 is 14.4 Å². The van der Waals surface area contributed by atoms with Crippen LogP contribution in [0, 0.1) is 6.92 Å². The Morgan fingerprint density at radius 1 is 0.912 bits per heavy atom. The molecule has 1 aromatic heterocycles. The van der Waals surface area contributed by atoms with Crippen LogP contribution < -0.4 is 21.5 Å². The molecule has 0 saturated carbocycles. The quantitative estimate of drug-likeness (QED) is 0.457. The first-order valence-corrected chi connectivity index (χ1v) is 10.7. The second-order valence-electron chi connectivity index (χ2n) is 7.98. The van der Waals surface area contributed by atoms with Crippen LogP contribution in [0.4, 0.5) is 11.4 Å². The zero-order chi connectivity index (χ0) is 24.8. The van der Waals surface area contributed by atoms with Crippen molar-refractivity contribution in [1.82, 2.24) is 19.6 Å². The fraction of sp³-hybridized carbons (Fsp3) is 0.250. The molecule has 0 aliphatic rings. The number of benzene rings is 2. The van der Waals surface area contributed by atoms with Crippen molar-refractivity contribution in [3.8, 4) is 5.69 Å². The Balaban J connectivity index is 1.67. The maximum atomic E-state index is 13.0. The molecule has 3 rings (SSSR count). The van der Waals surface area contributed by atoms with Crippen LogP contribution >= 0.6 is 0 Å². The van der Waals surface area contributed by atoms with Gasteiger partial charge in [0.25, 0.3) is 11.5 Å². The van der Waals surface area contributed by atoms with E-state index < -0.39 is 17.7 Å². The number of aromatic nitrogens is 2. The molecule has 0 aliphatic heterocycles. The summed E-state index contributed by atoms with van der Waals surface area (Å²) >= 11 is 0. The van der Waals surface area contributed by atoms with Crippen LogP contribution in [0.5, 0.6) is 0 Å². The Bertz CT molecular complexity index is 1240. The normalized spacial score (nSPS) is 10.7. The lowest BCUT2D eigenvalue weighted by atomic mass is 10.2. The average Bonchev–Trinajstić information content (AvgIpc) is 3.02. The highest BCUT2D eigenvalue weighted by Gasteiger charge is 2.19. The maximum absolute atomic E-state index is 13.0. The SMILES string of the molecule is Cc1c(NC(=O)c2ccc(NC(=O)C(=O)NCCN(C)C)cc2)c(=O)n(-c2ccccc2)n1C. The van der Waals surface area contributed by atoms with Gasteiger partial charge >= 0.3 is 11.8 Å². The molecular weight excluding hydrogens is 436 g/mol. The van der Waals surface area contributed by atoms with Crippen molar-refractivity contribution in [1.29, 1.82) is 0 Å². The number of amides is 3. The Kier molecular flexibility index (Phi) is 7.64. The molecule has 1 heterocycles. The zero-order valence-corrected chi connectivity index (χ0v) is 19.6. The molecule has 0 aliphatic carbocycles. The summed E-state index contributed by atoms with van der Waals surface area (Å²) in [5, 5.41) is 7.71. The number of carbonyl (C=O) groups is 3. The highest BCUT2D eigenvalue weighted by molar-refractivity contribution is 6.39. The number of nitrogens with zero attached hydrogens (tertiary/aromatic N) is 3. The Morgan fingerprint density at radius 2 is 1.56 bits per heavy atom. The average molecular weight is 465 g/mol. The minimum absolute atomic E-state index is 0.183. The summed E-state index contributed by atoms with van der Waals surface area (Å²) in [6.45, 7) is 2.71. The topological polar surface area (TPSA) is 117 Å². The molecule has 0 unspecified atom stereocenters. The number of likely N-dealkylation sites (N-methyl/N-ethyl adjacent to an activating group) is 1. The molecule has 0 atom stereocenters. The van der Waals surface area contributed by atoms with Crippen molar-refractivity contribution in [3.05, 3.63) is 76.2 Å². The summed E-state index contributed by atoms with van der Waals surface area (Å²) in [5.41, 5.74) is 1.79. The van der Waals surface area contributed by atoms with Gasteiger partial charge in [-0.3, -0.25) is 23.9 Å². The van der Waals surface area contributed by atoms with Crippen molar-refractivity contribution in [3.63, 3.8) is 0 Å². The monoisotopic (exact) mass is 464 g/mol. The second-order valence-corrected chi connectivity index (χ2v) is 7.98. The molecule has 0 saturated heterocycles. The Morgan fingerprint density at radius 3 is 2.18 bits per heavy atom. The number of anilines is 2. The van der Waals surface area contributed by atoms with Gasteiger partial charge in [0.15, 0.2) is 0 Å². The number of carbonyl (C=O) groups excluding carboxylic acids is 3. The molecule has 34 heavy (non-hydrogen) atoms. The predicted octanol–water partition coefficient (Wildman–Crippen LogP) is 1.35. The molecule has 10 heteroatoms. The van der Waals surface area contributed by atoms with Crippen molar-refractivity contribution in [2.75, 3.05) is 37.8 Å². The molecule has 0 fully saturated rings. The van der Waals surface area contributed by atoms with Gasteiger partial charge in [-0.05, 0) is 57.4 Å². The van der Waals surface area contributed by atoms with E-state index in [1.165, 1.54) is 28.9 Å². The Labute approximate surface area is 197 Å². The third kappa shape index (κ3) is 5.59. The molecule has 2 aromatic carbocycles. The van der Waals surface area contributed by atoms with Gasteiger partial charge in [-0.15, -0.1) is 0 Å². The molecular formula is C24H28N6O4. The van der Waals surface area contributed by atoms with Gasteiger partial charge in [-0.2, -0.15) is 0 Å². The molecule has 0 spiro atoms. The van der Waals surface area contributed by atoms with E-state index in [9.17, 15) is 19.2 Å². The summed E-state index contributed by atoms with van der Waals surface area (Å²) in [4.78, 5) is 51.5. The number of hydrogen-bond donors (Lipinski definition) is 3. The number of rotatable bonds is 7. The van der Waals surface area contributed by atoms with E-state index >= 15 is 0 Å². The highest BCUT2D eigenvalue weighted by Crippen LogP contribution is 2.16. The summed E-state index contributed by atoms with van der Waals surface area (Å²) in [7, 11) is 5.47. The number of nitrogens with one attached hydrogen (secondary N) is 3. The summed E-state index contributed by atoms with van der Waals surface area (Å²) in [5.74, 6) is -2.00. The van der Waals surface area contributed by atoms with Crippen LogP contribution in [0.3, 0.4) is 0 Å². The van der Waals surface area contributed by atoms with Crippen LogP contribution in [-0.2, 0) is 16.6 Å². The summed E-state index contributed by atoms with van der Waals surface area (Å²) in [6.07, 6.45) is 0. The van der Waals surface area contributed by atoms with Gasteiger partial charge in [0.05, 0.1) is 11.4 Å². The second kappa shape index (κ2) is 10.6. The van der Waals surface area contributed by atoms with Gasteiger partial charge in [0, 0.05) is 31.4 Å². The lowest BCUT2D eigenvalue weighted by Crippen LogP contribution is -2.38. The minimum atomic E-state index is -0.794. The van der Waals surface area contributed by atoms with E-state index in [0.717, 1.165) is 0 Å². The first-order valence-electron chi connectivity index (χ1n) is 10.7. The van der Waals surface area contributed by atoms with Crippen molar-refractivity contribution in [2.24, 2.45) is 7.05 Å². The van der Waals surface area contributed by atoms with E-state index in [1.807, 2.05) is 49.3 Å². The van der Waals surface area contributed by atoms with E-state index in [4.69, 9.17) is 0 Å².